The summed E-state index contributed by atoms with van der Waals surface area (Å²) in [6.07, 6.45) is 2.39. The molecule has 1 fully saturated rings. The molecule has 2 nitrogen and oxygen atoms in total. The number of hydrogen-bond acceptors (Lipinski definition) is 1. The van der Waals surface area contributed by atoms with Crippen molar-refractivity contribution in [3.8, 4) is 0 Å². The van der Waals surface area contributed by atoms with Crippen molar-refractivity contribution in [2.24, 2.45) is 0 Å². The zero-order valence-electron chi connectivity index (χ0n) is 4.65. The van der Waals surface area contributed by atoms with Crippen molar-refractivity contribution in [3.63, 3.8) is 0 Å². The second kappa shape index (κ2) is 1.46. The first-order chi connectivity index (χ1) is 3.33. The molecule has 0 bridgehead atoms. The Labute approximate surface area is 43.5 Å². The Bertz CT molecular complexity index is 62.5. The third-order valence-electron chi connectivity index (χ3n) is 1.82. The van der Waals surface area contributed by atoms with Gasteiger partial charge in [0.2, 0.25) is 0 Å². The minimum Gasteiger partial charge on any atom is -0.390 e. The molecule has 3 N–H and O–H groups in total. The molecule has 0 aromatic heterocycles. The minimum absolute atomic E-state index is 0.264. The highest BCUT2D eigenvalue weighted by Gasteiger charge is 2.44. The highest BCUT2D eigenvalue weighted by molar-refractivity contribution is 4.91. The van der Waals surface area contributed by atoms with Gasteiger partial charge in [0, 0.05) is 12.8 Å². The van der Waals surface area contributed by atoms with Gasteiger partial charge in [-0.2, -0.15) is 0 Å². The van der Waals surface area contributed by atoms with Gasteiger partial charge in [-0.3, -0.25) is 0 Å². The van der Waals surface area contributed by atoms with Gasteiger partial charge in [-0.05, 0) is 0 Å². The highest BCUT2D eigenvalue weighted by Crippen LogP contribution is 2.29. The molecule has 0 aliphatic heterocycles. The van der Waals surface area contributed by atoms with Crippen molar-refractivity contribution in [3.05, 3.63) is 0 Å². The molecule has 0 amide bonds. The monoisotopic (exact) mass is 102 g/mol. The molecular weight excluding hydrogens is 90.1 g/mol. The standard InChI is InChI=1S/C5H11NO/c1-6-5(4-7)2-3-5/h6-7H,2-4H2,1H3/p+1. The Morgan fingerprint density at radius 3 is 2.29 bits per heavy atom. The first-order valence-electron chi connectivity index (χ1n) is 2.74. The van der Waals surface area contributed by atoms with Crippen LogP contribution in [0, 0.1) is 0 Å². The van der Waals surface area contributed by atoms with Crippen LogP contribution in [0.1, 0.15) is 12.8 Å². The lowest BCUT2D eigenvalue weighted by molar-refractivity contribution is -0.680. The predicted octanol–water partition coefficient (Wildman–Crippen LogP) is -1.30. The molecule has 1 rings (SSSR count). The van der Waals surface area contributed by atoms with Gasteiger partial charge in [-0.25, -0.2) is 0 Å². The van der Waals surface area contributed by atoms with E-state index in [9.17, 15) is 0 Å². The van der Waals surface area contributed by atoms with E-state index in [0.717, 1.165) is 0 Å². The Balaban J connectivity index is 2.28. The fraction of sp³-hybridized carbons (Fsp3) is 1.00. The molecule has 0 unspecified atom stereocenters. The number of hydrogen-bond donors (Lipinski definition) is 2. The summed E-state index contributed by atoms with van der Waals surface area (Å²) in [4.78, 5) is 0. The first-order valence-corrected chi connectivity index (χ1v) is 2.74. The van der Waals surface area contributed by atoms with E-state index in [1.807, 2.05) is 7.05 Å². The van der Waals surface area contributed by atoms with Crippen LogP contribution in [0.4, 0.5) is 0 Å². The number of likely N-dealkylation sites (N-methyl/N-ethyl adjacent to an activating group) is 1. The highest BCUT2D eigenvalue weighted by atomic mass is 16.3. The van der Waals surface area contributed by atoms with Crippen molar-refractivity contribution in [1.29, 1.82) is 0 Å². The number of aliphatic hydroxyl groups excluding tert-OH is 1. The Morgan fingerprint density at radius 1 is 1.71 bits per heavy atom. The van der Waals surface area contributed by atoms with Crippen LogP contribution in [0.2, 0.25) is 0 Å². The fourth-order valence-electron chi connectivity index (χ4n) is 0.699. The van der Waals surface area contributed by atoms with E-state index >= 15 is 0 Å². The average molecular weight is 102 g/mol. The van der Waals surface area contributed by atoms with E-state index in [2.05, 4.69) is 5.32 Å². The molecule has 0 aromatic rings. The summed E-state index contributed by atoms with van der Waals surface area (Å²) in [6, 6.07) is 0. The molecule has 1 aliphatic carbocycles. The van der Waals surface area contributed by atoms with Gasteiger partial charge in [-0.1, -0.05) is 0 Å². The summed E-state index contributed by atoms with van der Waals surface area (Å²) in [5.74, 6) is 0. The van der Waals surface area contributed by atoms with Crippen molar-refractivity contribution in [1.82, 2.24) is 0 Å². The zero-order chi connectivity index (χ0) is 5.33. The van der Waals surface area contributed by atoms with Crippen molar-refractivity contribution in [2.75, 3.05) is 13.7 Å². The van der Waals surface area contributed by atoms with Gasteiger partial charge in [0.05, 0.1) is 13.7 Å². The molecular formula is C5H12NO+. The van der Waals surface area contributed by atoms with Gasteiger partial charge >= 0.3 is 0 Å². The summed E-state index contributed by atoms with van der Waals surface area (Å²) in [6.45, 7) is 0.351. The van der Waals surface area contributed by atoms with Crippen LogP contribution in [-0.4, -0.2) is 24.3 Å². The first kappa shape index (κ1) is 5.06. The van der Waals surface area contributed by atoms with E-state index in [1.54, 1.807) is 0 Å². The average Bonchev–Trinajstić information content (AvgIpc) is 2.46. The van der Waals surface area contributed by atoms with Gasteiger partial charge in [-0.15, -0.1) is 0 Å². The Hall–Kier alpha value is -0.0800. The maximum absolute atomic E-state index is 8.63. The summed E-state index contributed by atoms with van der Waals surface area (Å²) in [5, 5.41) is 10.7. The fourth-order valence-corrected chi connectivity index (χ4v) is 0.699. The molecule has 1 aliphatic rings. The Kier molecular flexibility index (Phi) is 1.05. The number of rotatable bonds is 2. The number of nitrogens with two attached hydrogens (primary N) is 1. The van der Waals surface area contributed by atoms with Crippen LogP contribution in [0.5, 0.6) is 0 Å². The van der Waals surface area contributed by atoms with E-state index in [1.165, 1.54) is 12.8 Å². The van der Waals surface area contributed by atoms with Crippen molar-refractivity contribution in [2.45, 2.75) is 18.4 Å². The quantitative estimate of drug-likeness (QED) is 0.447. The number of aliphatic hydroxyl groups is 1. The minimum atomic E-state index is 0.264. The Morgan fingerprint density at radius 2 is 2.29 bits per heavy atom. The molecule has 42 valence electrons. The summed E-state index contributed by atoms with van der Waals surface area (Å²) in [5.41, 5.74) is 0.264. The zero-order valence-corrected chi connectivity index (χ0v) is 4.65. The van der Waals surface area contributed by atoms with Gasteiger partial charge in [0.1, 0.15) is 5.54 Å². The van der Waals surface area contributed by atoms with Crippen LogP contribution in [0.15, 0.2) is 0 Å². The molecule has 0 aromatic carbocycles. The predicted molar refractivity (Wildman–Crippen MR) is 26.9 cm³/mol. The summed E-state index contributed by atoms with van der Waals surface area (Å²) < 4.78 is 0. The maximum Gasteiger partial charge on any atom is 0.120 e. The molecule has 0 spiro atoms. The molecule has 2 heteroatoms. The van der Waals surface area contributed by atoms with Crippen LogP contribution in [0.25, 0.3) is 0 Å². The molecule has 7 heavy (non-hydrogen) atoms. The largest absolute Gasteiger partial charge is 0.390 e. The third-order valence-corrected chi connectivity index (χ3v) is 1.82. The van der Waals surface area contributed by atoms with Gasteiger partial charge in [0.25, 0.3) is 0 Å². The summed E-state index contributed by atoms with van der Waals surface area (Å²) in [7, 11) is 2.02. The smallest absolute Gasteiger partial charge is 0.120 e. The second-order valence-electron chi connectivity index (χ2n) is 2.31. The van der Waals surface area contributed by atoms with E-state index in [-0.39, 0.29) is 5.54 Å². The van der Waals surface area contributed by atoms with Crippen molar-refractivity contribution < 1.29 is 10.4 Å². The SMILES string of the molecule is C[NH2+]C1(CO)CC1. The number of quaternary nitrogens is 1. The topological polar surface area (TPSA) is 36.8 Å². The van der Waals surface area contributed by atoms with Crippen LogP contribution in [0.3, 0.4) is 0 Å². The molecule has 0 heterocycles. The van der Waals surface area contributed by atoms with E-state index in [0.29, 0.717) is 6.61 Å². The molecule has 0 saturated heterocycles. The third kappa shape index (κ3) is 0.763. The van der Waals surface area contributed by atoms with Gasteiger partial charge < -0.3 is 10.4 Å². The van der Waals surface area contributed by atoms with Crippen LogP contribution < -0.4 is 5.32 Å². The normalized spacial score (nSPS) is 24.9. The van der Waals surface area contributed by atoms with Crippen LogP contribution in [-0.2, 0) is 0 Å². The van der Waals surface area contributed by atoms with E-state index < -0.39 is 0 Å². The lowest BCUT2D eigenvalue weighted by atomic mass is 10.3. The second-order valence-corrected chi connectivity index (χ2v) is 2.31. The van der Waals surface area contributed by atoms with Crippen LogP contribution >= 0.6 is 0 Å². The lowest BCUT2D eigenvalue weighted by Crippen LogP contribution is -2.89. The van der Waals surface area contributed by atoms with Gasteiger partial charge in [0.15, 0.2) is 0 Å². The molecule has 1 saturated carbocycles. The lowest BCUT2D eigenvalue weighted by Gasteiger charge is -2.03. The molecule has 0 atom stereocenters. The van der Waals surface area contributed by atoms with E-state index in [4.69, 9.17) is 5.11 Å². The summed E-state index contributed by atoms with van der Waals surface area (Å²) >= 11 is 0. The van der Waals surface area contributed by atoms with Crippen molar-refractivity contribution >= 4 is 0 Å². The molecule has 0 radical (unpaired) electrons. The maximum atomic E-state index is 8.63.